The van der Waals surface area contributed by atoms with Gasteiger partial charge in [-0.15, -0.1) is 0 Å². The van der Waals surface area contributed by atoms with Crippen molar-refractivity contribution < 1.29 is 14.3 Å². The van der Waals surface area contributed by atoms with Crippen molar-refractivity contribution in [2.24, 2.45) is 5.10 Å². The minimum atomic E-state index is -0.366. The molecule has 1 aromatic rings. The molecule has 0 aliphatic rings. The van der Waals surface area contributed by atoms with Crippen molar-refractivity contribution in [3.05, 3.63) is 35.4 Å². The Morgan fingerprint density at radius 3 is 2.65 bits per heavy atom. The van der Waals surface area contributed by atoms with Gasteiger partial charge in [0.25, 0.3) is 0 Å². The zero-order chi connectivity index (χ0) is 14.8. The van der Waals surface area contributed by atoms with Crippen molar-refractivity contribution in [1.29, 1.82) is 0 Å². The number of thiocarbonyl (C=S) groups is 1. The number of nitrogens with zero attached hydrogens (tertiary/aromatic N) is 1. The Labute approximate surface area is 123 Å². The molecular weight excluding hydrogens is 278 g/mol. The molecule has 0 spiro atoms. The van der Waals surface area contributed by atoms with E-state index in [0.717, 1.165) is 5.56 Å². The minimum Gasteiger partial charge on any atom is -0.465 e. The number of rotatable bonds is 6. The maximum absolute atomic E-state index is 11.2. The molecule has 0 bridgehead atoms. The lowest BCUT2D eigenvalue weighted by Gasteiger charge is -2.05. The van der Waals surface area contributed by atoms with Crippen molar-refractivity contribution in [3.8, 4) is 0 Å². The molecule has 0 atom stereocenters. The van der Waals surface area contributed by atoms with Gasteiger partial charge in [-0.2, -0.15) is 5.10 Å². The van der Waals surface area contributed by atoms with E-state index in [4.69, 9.17) is 17.0 Å². The Kier molecular flexibility index (Phi) is 7.23. The van der Waals surface area contributed by atoms with Crippen molar-refractivity contribution in [2.75, 3.05) is 27.4 Å². The van der Waals surface area contributed by atoms with E-state index < -0.39 is 0 Å². The summed E-state index contributed by atoms with van der Waals surface area (Å²) in [6.07, 6.45) is 1.60. The Morgan fingerprint density at radius 2 is 2.05 bits per heavy atom. The van der Waals surface area contributed by atoms with Crippen LogP contribution in [0.25, 0.3) is 0 Å². The number of ether oxygens (including phenoxy) is 2. The molecule has 0 saturated carbocycles. The number of benzene rings is 1. The normalized spacial score (nSPS) is 10.3. The summed E-state index contributed by atoms with van der Waals surface area (Å²) in [4.78, 5) is 11.2. The Balaban J connectivity index is 2.42. The number of carbonyl (C=O) groups is 1. The second-order valence-corrected chi connectivity index (χ2v) is 4.14. The number of carbonyl (C=O) groups excluding carboxylic acids is 1. The van der Waals surface area contributed by atoms with E-state index in [1.807, 2.05) is 0 Å². The summed E-state index contributed by atoms with van der Waals surface area (Å²) in [5, 5.41) is 7.32. The number of esters is 1. The molecule has 0 radical (unpaired) electrons. The maximum atomic E-state index is 11.2. The minimum absolute atomic E-state index is 0.366. The van der Waals surface area contributed by atoms with Gasteiger partial charge >= 0.3 is 5.97 Å². The molecule has 2 N–H and O–H groups in total. The molecule has 0 aliphatic carbocycles. The average Bonchev–Trinajstić information content (AvgIpc) is 2.47. The molecule has 0 amide bonds. The van der Waals surface area contributed by atoms with Gasteiger partial charge in [-0.25, -0.2) is 4.79 Å². The molecule has 0 fully saturated rings. The van der Waals surface area contributed by atoms with Gasteiger partial charge < -0.3 is 14.8 Å². The first-order valence-corrected chi connectivity index (χ1v) is 6.32. The molecule has 0 unspecified atom stereocenters. The fraction of sp³-hybridized carbons (Fsp3) is 0.308. The lowest BCUT2D eigenvalue weighted by molar-refractivity contribution is 0.0601. The van der Waals surface area contributed by atoms with Crippen LogP contribution in [-0.2, 0) is 9.47 Å². The maximum Gasteiger partial charge on any atom is 0.337 e. The highest BCUT2D eigenvalue weighted by molar-refractivity contribution is 7.80. The number of nitrogens with one attached hydrogen (secondary N) is 2. The van der Waals surface area contributed by atoms with Crippen LogP contribution in [0.1, 0.15) is 15.9 Å². The highest BCUT2D eigenvalue weighted by atomic mass is 32.1. The quantitative estimate of drug-likeness (QED) is 0.267. The topological polar surface area (TPSA) is 72.0 Å². The summed E-state index contributed by atoms with van der Waals surface area (Å²) in [5.74, 6) is -0.366. The van der Waals surface area contributed by atoms with Gasteiger partial charge in [-0.3, -0.25) is 5.43 Å². The van der Waals surface area contributed by atoms with E-state index in [-0.39, 0.29) is 5.97 Å². The largest absolute Gasteiger partial charge is 0.465 e. The third-order valence-electron chi connectivity index (χ3n) is 2.30. The number of hydrazone groups is 1. The van der Waals surface area contributed by atoms with Gasteiger partial charge in [0.1, 0.15) is 0 Å². The molecule has 108 valence electrons. The average molecular weight is 295 g/mol. The SMILES string of the molecule is COCCNC(=S)NN=Cc1ccc(C(=O)OC)cc1. The van der Waals surface area contributed by atoms with Crippen LogP contribution < -0.4 is 10.7 Å². The molecule has 0 aliphatic heterocycles. The zero-order valence-electron chi connectivity index (χ0n) is 11.4. The van der Waals surface area contributed by atoms with E-state index in [0.29, 0.717) is 23.8 Å². The fourth-order valence-corrected chi connectivity index (χ4v) is 1.45. The first-order valence-electron chi connectivity index (χ1n) is 5.91. The fourth-order valence-electron chi connectivity index (χ4n) is 1.29. The van der Waals surface area contributed by atoms with Gasteiger partial charge in [0.2, 0.25) is 0 Å². The van der Waals surface area contributed by atoms with E-state index in [1.54, 1.807) is 37.6 Å². The highest BCUT2D eigenvalue weighted by Crippen LogP contribution is 2.03. The van der Waals surface area contributed by atoms with Crippen LogP contribution in [-0.4, -0.2) is 44.7 Å². The number of hydrogen-bond donors (Lipinski definition) is 2. The number of methoxy groups -OCH3 is 2. The lowest BCUT2D eigenvalue weighted by atomic mass is 10.1. The van der Waals surface area contributed by atoms with Crippen molar-refractivity contribution in [1.82, 2.24) is 10.7 Å². The molecular formula is C13H17N3O3S. The lowest BCUT2D eigenvalue weighted by Crippen LogP contribution is -2.34. The van der Waals surface area contributed by atoms with E-state index in [2.05, 4.69) is 20.6 Å². The third-order valence-corrected chi connectivity index (χ3v) is 2.54. The van der Waals surface area contributed by atoms with Crippen molar-refractivity contribution in [2.45, 2.75) is 0 Å². The van der Waals surface area contributed by atoms with Crippen LogP contribution in [0.3, 0.4) is 0 Å². The van der Waals surface area contributed by atoms with Crippen LogP contribution in [0.15, 0.2) is 29.4 Å². The molecule has 0 saturated heterocycles. The smallest absolute Gasteiger partial charge is 0.337 e. The summed E-state index contributed by atoms with van der Waals surface area (Å²) >= 11 is 5.00. The van der Waals surface area contributed by atoms with Crippen molar-refractivity contribution >= 4 is 29.5 Å². The molecule has 0 heterocycles. The molecule has 1 rings (SSSR count). The standard InChI is InChI=1S/C13H17N3O3S/c1-18-8-7-14-13(20)16-15-9-10-3-5-11(6-4-10)12(17)19-2/h3-6,9H,7-8H2,1-2H3,(H2,14,16,20). The van der Waals surface area contributed by atoms with E-state index in [1.165, 1.54) is 7.11 Å². The van der Waals surface area contributed by atoms with Gasteiger partial charge in [-0.05, 0) is 29.9 Å². The van der Waals surface area contributed by atoms with Gasteiger partial charge in [0.05, 0.1) is 25.5 Å². The first kappa shape index (κ1) is 16.1. The zero-order valence-corrected chi connectivity index (χ0v) is 12.2. The summed E-state index contributed by atoms with van der Waals surface area (Å²) in [6, 6.07) is 6.86. The van der Waals surface area contributed by atoms with Crippen LogP contribution in [0.4, 0.5) is 0 Å². The second-order valence-electron chi connectivity index (χ2n) is 3.73. The number of hydrogen-bond acceptors (Lipinski definition) is 5. The molecule has 7 heteroatoms. The Bertz CT molecular complexity index is 474. The van der Waals surface area contributed by atoms with Gasteiger partial charge in [0.15, 0.2) is 5.11 Å². The van der Waals surface area contributed by atoms with Crippen LogP contribution in [0.5, 0.6) is 0 Å². The summed E-state index contributed by atoms with van der Waals surface area (Å²) < 4.78 is 9.49. The molecule has 20 heavy (non-hydrogen) atoms. The predicted octanol–water partition coefficient (Wildman–Crippen LogP) is 0.918. The summed E-state index contributed by atoms with van der Waals surface area (Å²) in [7, 11) is 2.97. The summed E-state index contributed by atoms with van der Waals surface area (Å²) in [5.41, 5.74) is 4.01. The van der Waals surface area contributed by atoms with Crippen LogP contribution in [0.2, 0.25) is 0 Å². The predicted molar refractivity (Wildman–Crippen MR) is 81.0 cm³/mol. The van der Waals surface area contributed by atoms with Gasteiger partial charge in [0, 0.05) is 13.7 Å². The Morgan fingerprint density at radius 1 is 1.35 bits per heavy atom. The highest BCUT2D eigenvalue weighted by Gasteiger charge is 2.03. The van der Waals surface area contributed by atoms with E-state index >= 15 is 0 Å². The van der Waals surface area contributed by atoms with Crippen LogP contribution in [0, 0.1) is 0 Å². The van der Waals surface area contributed by atoms with E-state index in [9.17, 15) is 4.79 Å². The monoisotopic (exact) mass is 295 g/mol. The van der Waals surface area contributed by atoms with Crippen molar-refractivity contribution in [3.63, 3.8) is 0 Å². The van der Waals surface area contributed by atoms with Gasteiger partial charge in [-0.1, -0.05) is 12.1 Å². The second kappa shape index (κ2) is 9.00. The molecule has 1 aromatic carbocycles. The third kappa shape index (κ3) is 5.77. The van der Waals surface area contributed by atoms with Crippen LogP contribution >= 0.6 is 12.2 Å². The Hall–Kier alpha value is -1.99. The molecule has 0 aromatic heterocycles. The first-order chi connectivity index (χ1) is 9.67. The summed E-state index contributed by atoms with van der Waals surface area (Å²) in [6.45, 7) is 1.19. The molecule has 6 nitrogen and oxygen atoms in total.